The van der Waals surface area contributed by atoms with Crippen LogP contribution in [-0.4, -0.2) is 96.7 Å². The van der Waals surface area contributed by atoms with Crippen LogP contribution in [0.15, 0.2) is 0 Å². The fraction of sp³-hybridized carbons (Fsp3) is 0.943. The first-order chi connectivity index (χ1) is 42.9. The molecule has 0 radical (unpaired) electrons. The summed E-state index contributed by atoms with van der Waals surface area (Å²) in [4.78, 5) is 72.5. The average Bonchev–Trinajstić information content (AvgIpc) is 3.64. The second-order valence-electron chi connectivity index (χ2n) is 26.0. The fourth-order valence-electron chi connectivity index (χ4n) is 10.6. The summed E-state index contributed by atoms with van der Waals surface area (Å²) in [5.41, 5.74) is 0. The zero-order valence-electron chi connectivity index (χ0n) is 57.7. The molecule has 0 aromatic heterocycles. The van der Waals surface area contributed by atoms with Crippen LogP contribution in [0, 0.1) is 11.8 Å². The molecule has 0 amide bonds. The van der Waals surface area contributed by atoms with E-state index in [0.717, 1.165) is 102 Å². The number of aliphatic hydroxyl groups excluding tert-OH is 1. The number of hydrogen-bond donors (Lipinski definition) is 3. The van der Waals surface area contributed by atoms with Crippen LogP contribution in [0.1, 0.15) is 356 Å². The lowest BCUT2D eigenvalue weighted by Crippen LogP contribution is -2.30. The van der Waals surface area contributed by atoms with Gasteiger partial charge in [-0.3, -0.25) is 37.3 Å². The molecular formula is C70H136O17P2. The highest BCUT2D eigenvalue weighted by molar-refractivity contribution is 7.47. The molecule has 0 aliphatic heterocycles. The minimum atomic E-state index is -4.95. The Bertz CT molecular complexity index is 1740. The maximum absolute atomic E-state index is 13.0. The summed E-state index contributed by atoms with van der Waals surface area (Å²) in [5.74, 6) is -0.578. The first kappa shape index (κ1) is 87.1. The van der Waals surface area contributed by atoms with Crippen molar-refractivity contribution in [2.45, 2.75) is 374 Å². The molecule has 0 saturated heterocycles. The van der Waals surface area contributed by atoms with Crippen LogP contribution < -0.4 is 0 Å². The summed E-state index contributed by atoms with van der Waals surface area (Å²) < 4.78 is 68.3. The van der Waals surface area contributed by atoms with Gasteiger partial charge in [-0.1, -0.05) is 305 Å². The maximum Gasteiger partial charge on any atom is 0.472 e. The standard InChI is InChI=1S/C70H136O17P2/c1-7-10-12-14-16-18-19-20-24-28-35-41-47-53-68(73)81-59-65(86-69(74)54-48-42-36-29-25-22-21-23-27-32-38-44-50-62(4)5)60-84-88(76,77)82-56-64(71)57-83-89(78,79)85-61-66(58-80-67(72)52-46-40-34-26-17-15-13-11-8-2)87-70(75)55-49-43-37-31-30-33-39-45-51-63(6)9-3/h62-66,71H,7-61H2,1-6H3,(H,76,77)(H,78,79)/t63?,64-,65-,66-/m1/s1. The molecule has 17 nitrogen and oxygen atoms in total. The van der Waals surface area contributed by atoms with Gasteiger partial charge in [0.2, 0.25) is 0 Å². The predicted molar refractivity (Wildman–Crippen MR) is 358 cm³/mol. The number of phosphoric acid groups is 2. The van der Waals surface area contributed by atoms with E-state index in [2.05, 4.69) is 41.5 Å². The zero-order valence-corrected chi connectivity index (χ0v) is 59.5. The van der Waals surface area contributed by atoms with Crippen LogP contribution in [0.25, 0.3) is 0 Å². The van der Waals surface area contributed by atoms with Gasteiger partial charge in [-0.2, -0.15) is 0 Å². The van der Waals surface area contributed by atoms with Gasteiger partial charge in [0, 0.05) is 25.7 Å². The van der Waals surface area contributed by atoms with E-state index in [0.29, 0.717) is 25.7 Å². The molecule has 89 heavy (non-hydrogen) atoms. The summed E-state index contributed by atoms with van der Waals surface area (Å²) in [6.45, 7) is 9.54. The van der Waals surface area contributed by atoms with E-state index in [9.17, 15) is 43.2 Å². The molecule has 528 valence electrons. The third kappa shape index (κ3) is 63.2. The van der Waals surface area contributed by atoms with Gasteiger partial charge in [0.25, 0.3) is 0 Å². The number of esters is 4. The smallest absolute Gasteiger partial charge is 0.462 e. The molecule has 0 bridgehead atoms. The molecular weight excluding hydrogens is 1170 g/mol. The SMILES string of the molecule is CCCCCCCCCCCCCCCC(=O)OC[C@H](COP(=O)(O)OC[C@@H](O)COP(=O)(O)OC[C@@H](COC(=O)CCCCCCCCCCC)OC(=O)CCCCCCCCCCC(C)CC)OC(=O)CCCCCCCCCCCCCCC(C)C. The first-order valence-electron chi connectivity index (χ1n) is 36.5. The van der Waals surface area contributed by atoms with Crippen molar-refractivity contribution < 1.29 is 80.2 Å². The quantitative estimate of drug-likeness (QED) is 0.0222. The van der Waals surface area contributed by atoms with E-state index in [1.807, 2.05) is 0 Å². The molecule has 3 unspecified atom stereocenters. The molecule has 19 heteroatoms. The fourth-order valence-corrected chi connectivity index (χ4v) is 12.1. The number of phosphoric ester groups is 2. The third-order valence-electron chi connectivity index (χ3n) is 16.6. The number of carbonyl (C=O) groups is 4. The van der Waals surface area contributed by atoms with Gasteiger partial charge in [-0.05, 0) is 37.5 Å². The molecule has 0 aromatic rings. The highest BCUT2D eigenvalue weighted by Crippen LogP contribution is 2.45. The number of unbranched alkanes of at least 4 members (excludes halogenated alkanes) is 38. The minimum Gasteiger partial charge on any atom is -0.462 e. The molecule has 0 aromatic carbocycles. The highest BCUT2D eigenvalue weighted by Gasteiger charge is 2.30. The van der Waals surface area contributed by atoms with E-state index in [-0.39, 0.29) is 25.7 Å². The van der Waals surface area contributed by atoms with E-state index < -0.39 is 97.5 Å². The molecule has 0 saturated carbocycles. The van der Waals surface area contributed by atoms with Gasteiger partial charge < -0.3 is 33.8 Å². The van der Waals surface area contributed by atoms with Crippen molar-refractivity contribution in [3.63, 3.8) is 0 Å². The predicted octanol–water partition coefficient (Wildman–Crippen LogP) is 20.0. The van der Waals surface area contributed by atoms with Crippen molar-refractivity contribution in [2.24, 2.45) is 11.8 Å². The lowest BCUT2D eigenvalue weighted by atomic mass is 9.99. The average molecular weight is 1310 g/mol. The van der Waals surface area contributed by atoms with Crippen LogP contribution in [0.5, 0.6) is 0 Å². The molecule has 0 spiro atoms. The Morgan fingerprint density at radius 3 is 0.854 bits per heavy atom. The molecule has 0 heterocycles. The Hall–Kier alpha value is -1.94. The summed E-state index contributed by atoms with van der Waals surface area (Å²) in [6.07, 6.45) is 47.0. The van der Waals surface area contributed by atoms with E-state index in [1.165, 1.54) is 173 Å². The van der Waals surface area contributed by atoms with E-state index in [4.69, 9.17) is 37.0 Å². The highest BCUT2D eigenvalue weighted by atomic mass is 31.2. The summed E-state index contributed by atoms with van der Waals surface area (Å²) in [7, 11) is -9.90. The van der Waals surface area contributed by atoms with Crippen molar-refractivity contribution in [2.75, 3.05) is 39.6 Å². The van der Waals surface area contributed by atoms with Crippen molar-refractivity contribution in [3.8, 4) is 0 Å². The number of aliphatic hydroxyl groups is 1. The molecule has 3 N–H and O–H groups in total. The third-order valence-corrected chi connectivity index (χ3v) is 18.5. The number of carbonyl (C=O) groups excluding carboxylic acids is 4. The van der Waals surface area contributed by atoms with Gasteiger partial charge in [0.05, 0.1) is 26.4 Å². The lowest BCUT2D eigenvalue weighted by molar-refractivity contribution is -0.161. The molecule has 0 aliphatic carbocycles. The Morgan fingerprint density at radius 1 is 0.326 bits per heavy atom. The zero-order chi connectivity index (χ0) is 65.7. The van der Waals surface area contributed by atoms with Gasteiger partial charge >= 0.3 is 39.5 Å². The number of ether oxygens (including phenoxy) is 4. The Labute approximate surface area is 543 Å². The van der Waals surface area contributed by atoms with Gasteiger partial charge in [-0.25, -0.2) is 9.13 Å². The normalized spacial score (nSPS) is 14.4. The molecule has 0 aliphatic rings. The van der Waals surface area contributed by atoms with Gasteiger partial charge in [0.1, 0.15) is 19.3 Å². The van der Waals surface area contributed by atoms with E-state index >= 15 is 0 Å². The molecule has 0 rings (SSSR count). The molecule has 6 atom stereocenters. The second-order valence-corrected chi connectivity index (χ2v) is 28.9. The van der Waals surface area contributed by atoms with E-state index in [1.54, 1.807) is 0 Å². The summed E-state index contributed by atoms with van der Waals surface area (Å²) in [6, 6.07) is 0. The Morgan fingerprint density at radius 2 is 0.573 bits per heavy atom. The Kier molecular flexibility index (Phi) is 60.8. The largest absolute Gasteiger partial charge is 0.472 e. The lowest BCUT2D eigenvalue weighted by Gasteiger charge is -2.21. The summed E-state index contributed by atoms with van der Waals surface area (Å²) in [5, 5.41) is 10.6. The molecule has 0 fully saturated rings. The number of rotatable bonds is 69. The van der Waals surface area contributed by atoms with Crippen molar-refractivity contribution in [3.05, 3.63) is 0 Å². The maximum atomic E-state index is 13.0. The monoisotopic (exact) mass is 1310 g/mol. The number of hydrogen-bond acceptors (Lipinski definition) is 15. The Balaban J connectivity index is 5.25. The minimum absolute atomic E-state index is 0.105. The van der Waals surface area contributed by atoms with Crippen LogP contribution in [0.3, 0.4) is 0 Å². The first-order valence-corrected chi connectivity index (χ1v) is 39.5. The van der Waals surface area contributed by atoms with Gasteiger partial charge in [0.15, 0.2) is 12.2 Å². The van der Waals surface area contributed by atoms with Crippen LogP contribution in [-0.2, 0) is 65.4 Å². The van der Waals surface area contributed by atoms with Crippen molar-refractivity contribution in [1.29, 1.82) is 0 Å². The van der Waals surface area contributed by atoms with Crippen molar-refractivity contribution in [1.82, 2.24) is 0 Å². The van der Waals surface area contributed by atoms with Crippen molar-refractivity contribution >= 4 is 39.5 Å². The van der Waals surface area contributed by atoms with Crippen LogP contribution >= 0.6 is 15.6 Å². The van der Waals surface area contributed by atoms with Gasteiger partial charge in [-0.15, -0.1) is 0 Å². The summed E-state index contributed by atoms with van der Waals surface area (Å²) >= 11 is 0. The van der Waals surface area contributed by atoms with Crippen LogP contribution in [0.2, 0.25) is 0 Å². The topological polar surface area (TPSA) is 237 Å². The second kappa shape index (κ2) is 62.2. The van der Waals surface area contributed by atoms with Crippen LogP contribution in [0.4, 0.5) is 0 Å².